The molecule has 3 rings (SSSR count). The average Bonchev–Trinajstić information content (AvgIpc) is 2.79. The number of carbonyl (C=O) groups is 2. The summed E-state index contributed by atoms with van der Waals surface area (Å²) in [7, 11) is -4.18. The van der Waals surface area contributed by atoms with Crippen molar-refractivity contribution in [2.75, 3.05) is 22.8 Å². The van der Waals surface area contributed by atoms with Crippen molar-refractivity contribution in [1.29, 1.82) is 0 Å². The number of nitrogens with zero attached hydrogens (tertiary/aromatic N) is 1. The van der Waals surface area contributed by atoms with Gasteiger partial charge in [0.15, 0.2) is 0 Å². The smallest absolute Gasteiger partial charge is 0.339 e. The topological polar surface area (TPSA) is 92.8 Å². The van der Waals surface area contributed by atoms with Crippen LogP contribution in [0.15, 0.2) is 77.7 Å². The number of carbonyl (C=O) groups excluding carboxylic acids is 2. The van der Waals surface area contributed by atoms with E-state index in [0.29, 0.717) is 0 Å². The Bertz CT molecular complexity index is 1250. The van der Waals surface area contributed by atoms with Crippen LogP contribution in [-0.4, -0.2) is 33.4 Å². The molecule has 0 bridgehead atoms. The number of anilines is 2. The van der Waals surface area contributed by atoms with Crippen molar-refractivity contribution in [3.63, 3.8) is 0 Å². The molecule has 1 N–H and O–H groups in total. The Hall–Kier alpha value is -3.43. The van der Waals surface area contributed by atoms with Gasteiger partial charge < -0.3 is 10.1 Å². The normalized spacial score (nSPS) is 11.0. The zero-order valence-corrected chi connectivity index (χ0v) is 19.1. The number of hydrogen-bond donors (Lipinski definition) is 1. The molecular formula is C23H20ClFN2O5S. The van der Waals surface area contributed by atoms with Gasteiger partial charge in [0.05, 0.1) is 27.8 Å². The van der Waals surface area contributed by atoms with E-state index < -0.39 is 34.3 Å². The van der Waals surface area contributed by atoms with Gasteiger partial charge in [-0.15, -0.1) is 0 Å². The first kappa shape index (κ1) is 24.2. The predicted molar refractivity (Wildman–Crippen MR) is 123 cm³/mol. The van der Waals surface area contributed by atoms with Crippen LogP contribution >= 0.6 is 11.6 Å². The van der Waals surface area contributed by atoms with Crippen molar-refractivity contribution < 1.29 is 27.1 Å². The van der Waals surface area contributed by atoms with Crippen molar-refractivity contribution in [3.8, 4) is 0 Å². The molecule has 0 aliphatic rings. The van der Waals surface area contributed by atoms with Crippen LogP contribution < -0.4 is 9.62 Å². The van der Waals surface area contributed by atoms with Crippen molar-refractivity contribution in [3.05, 3.63) is 89.2 Å². The van der Waals surface area contributed by atoms with Crippen molar-refractivity contribution in [1.82, 2.24) is 0 Å². The third-order valence-corrected chi connectivity index (χ3v) is 6.60. The fraction of sp³-hybridized carbons (Fsp3) is 0.130. The maximum atomic E-state index is 13.3. The van der Waals surface area contributed by atoms with Gasteiger partial charge in [0.25, 0.3) is 10.0 Å². The van der Waals surface area contributed by atoms with Crippen LogP contribution in [0.3, 0.4) is 0 Å². The first-order valence-electron chi connectivity index (χ1n) is 9.82. The number of esters is 1. The molecule has 0 unspecified atom stereocenters. The highest BCUT2D eigenvalue weighted by Gasteiger charge is 2.27. The summed E-state index contributed by atoms with van der Waals surface area (Å²) in [6.45, 7) is 1.23. The third kappa shape index (κ3) is 5.88. The summed E-state index contributed by atoms with van der Waals surface area (Å²) in [6.07, 6.45) is 0. The highest BCUT2D eigenvalue weighted by atomic mass is 35.5. The van der Waals surface area contributed by atoms with Gasteiger partial charge in [0, 0.05) is 5.69 Å². The maximum absolute atomic E-state index is 13.3. The second-order valence-corrected chi connectivity index (χ2v) is 9.03. The lowest BCUT2D eigenvalue weighted by Crippen LogP contribution is -2.38. The van der Waals surface area contributed by atoms with Gasteiger partial charge >= 0.3 is 5.97 Å². The molecule has 0 aromatic heterocycles. The average molecular weight is 491 g/mol. The summed E-state index contributed by atoms with van der Waals surface area (Å²) in [5, 5.41) is 2.72. The van der Waals surface area contributed by atoms with Crippen LogP contribution in [0.4, 0.5) is 15.8 Å². The van der Waals surface area contributed by atoms with Crippen LogP contribution in [0.2, 0.25) is 5.02 Å². The molecule has 0 atom stereocenters. The maximum Gasteiger partial charge on any atom is 0.339 e. The summed E-state index contributed by atoms with van der Waals surface area (Å²) in [6, 6.07) is 16.6. The van der Waals surface area contributed by atoms with E-state index in [2.05, 4.69) is 5.32 Å². The molecule has 0 aliphatic carbocycles. The molecule has 3 aromatic carbocycles. The number of ether oxygens (including phenoxy) is 1. The number of hydrogen-bond acceptors (Lipinski definition) is 5. The fourth-order valence-corrected chi connectivity index (χ4v) is 4.56. The van der Waals surface area contributed by atoms with Crippen LogP contribution in [0, 0.1) is 5.82 Å². The molecule has 0 saturated carbocycles. The van der Waals surface area contributed by atoms with Crippen LogP contribution in [0.25, 0.3) is 0 Å². The minimum atomic E-state index is -4.18. The summed E-state index contributed by atoms with van der Waals surface area (Å²) in [5.41, 5.74) is 0.551. The van der Waals surface area contributed by atoms with Crippen LogP contribution in [-0.2, 0) is 19.6 Å². The second-order valence-electron chi connectivity index (χ2n) is 6.76. The number of benzene rings is 3. The number of halogens is 2. The Kier molecular flexibility index (Phi) is 7.67. The SMILES string of the molecule is CCOC(=O)c1cc(NC(=O)CN(c2ccccc2)S(=O)(=O)c2ccc(F)cc2)ccc1Cl. The number of amides is 1. The molecule has 0 radical (unpaired) electrons. The van der Waals surface area contributed by atoms with Crippen LogP contribution in [0.5, 0.6) is 0 Å². The zero-order chi connectivity index (χ0) is 24.0. The first-order valence-corrected chi connectivity index (χ1v) is 11.6. The number of rotatable bonds is 8. The van der Waals surface area contributed by atoms with E-state index in [1.165, 1.54) is 30.3 Å². The van der Waals surface area contributed by atoms with E-state index in [1.807, 2.05) is 0 Å². The van der Waals surface area contributed by atoms with Gasteiger partial charge in [-0.3, -0.25) is 9.10 Å². The molecule has 7 nitrogen and oxygen atoms in total. The summed E-state index contributed by atoms with van der Waals surface area (Å²) < 4.78 is 45.6. The van der Waals surface area contributed by atoms with Crippen molar-refractivity contribution in [2.24, 2.45) is 0 Å². The summed E-state index contributed by atoms with van der Waals surface area (Å²) >= 11 is 6.04. The quantitative estimate of drug-likeness (QED) is 0.470. The molecular weight excluding hydrogens is 471 g/mol. The fourth-order valence-electron chi connectivity index (χ4n) is 2.94. The van der Waals surface area contributed by atoms with E-state index >= 15 is 0 Å². The number of sulfonamides is 1. The van der Waals surface area contributed by atoms with E-state index in [1.54, 1.807) is 25.1 Å². The minimum Gasteiger partial charge on any atom is -0.462 e. The van der Waals surface area contributed by atoms with Gasteiger partial charge in [0.2, 0.25) is 5.91 Å². The van der Waals surface area contributed by atoms with Gasteiger partial charge in [-0.05, 0) is 61.5 Å². The molecule has 0 heterocycles. The Labute approximate surface area is 195 Å². The lowest BCUT2D eigenvalue weighted by atomic mass is 10.2. The highest BCUT2D eigenvalue weighted by molar-refractivity contribution is 7.92. The third-order valence-electron chi connectivity index (χ3n) is 4.48. The van der Waals surface area contributed by atoms with Crippen molar-refractivity contribution >= 4 is 44.9 Å². The number of nitrogens with one attached hydrogen (secondary N) is 1. The van der Waals surface area contributed by atoms with Crippen LogP contribution in [0.1, 0.15) is 17.3 Å². The van der Waals surface area contributed by atoms with E-state index in [4.69, 9.17) is 16.3 Å². The molecule has 33 heavy (non-hydrogen) atoms. The summed E-state index contributed by atoms with van der Waals surface area (Å²) in [4.78, 5) is 24.7. The zero-order valence-electron chi connectivity index (χ0n) is 17.5. The number of para-hydroxylation sites is 1. The molecule has 1 amide bonds. The van der Waals surface area contributed by atoms with E-state index in [-0.39, 0.29) is 33.5 Å². The van der Waals surface area contributed by atoms with E-state index in [9.17, 15) is 22.4 Å². The molecule has 0 aliphatic heterocycles. The van der Waals surface area contributed by atoms with Gasteiger partial charge in [-0.25, -0.2) is 17.6 Å². The molecule has 3 aromatic rings. The Morgan fingerprint density at radius 2 is 1.70 bits per heavy atom. The van der Waals surface area contributed by atoms with Gasteiger partial charge in [-0.2, -0.15) is 0 Å². The molecule has 0 fully saturated rings. The minimum absolute atomic E-state index is 0.0650. The predicted octanol–water partition coefficient (Wildman–Crippen LogP) is 4.49. The Morgan fingerprint density at radius 1 is 1.03 bits per heavy atom. The Morgan fingerprint density at radius 3 is 2.33 bits per heavy atom. The largest absolute Gasteiger partial charge is 0.462 e. The van der Waals surface area contributed by atoms with E-state index in [0.717, 1.165) is 28.6 Å². The molecule has 172 valence electrons. The summed E-state index contributed by atoms with van der Waals surface area (Å²) in [5.74, 6) is -1.90. The van der Waals surface area contributed by atoms with Gasteiger partial charge in [0.1, 0.15) is 12.4 Å². The highest BCUT2D eigenvalue weighted by Crippen LogP contribution is 2.25. The second kappa shape index (κ2) is 10.5. The lowest BCUT2D eigenvalue weighted by molar-refractivity contribution is -0.114. The standard InChI is InChI=1S/C23H20ClFN2O5S/c1-2-32-23(29)20-14-17(10-13-21(20)24)26-22(28)15-27(18-6-4-3-5-7-18)33(30,31)19-11-8-16(25)9-12-19/h3-14H,2,15H2,1H3,(H,26,28). The lowest BCUT2D eigenvalue weighted by Gasteiger charge is -2.24. The van der Waals surface area contributed by atoms with Crippen molar-refractivity contribution in [2.45, 2.75) is 11.8 Å². The molecule has 10 heteroatoms. The monoisotopic (exact) mass is 490 g/mol. The Balaban J connectivity index is 1.88. The molecule has 0 saturated heterocycles. The first-order chi connectivity index (χ1) is 15.7. The van der Waals surface area contributed by atoms with Gasteiger partial charge in [-0.1, -0.05) is 29.8 Å². The molecule has 0 spiro atoms.